The second kappa shape index (κ2) is 7.52. The van der Waals surface area contributed by atoms with Gasteiger partial charge in [-0.3, -0.25) is 14.5 Å². The maximum absolute atomic E-state index is 12.7. The van der Waals surface area contributed by atoms with Gasteiger partial charge in [0.05, 0.1) is 17.2 Å². The molecule has 0 aliphatic carbocycles. The molecule has 9 heteroatoms. The molecule has 0 radical (unpaired) electrons. The number of carbonyl (C=O) groups is 4. The number of aromatic nitrogens is 1. The molecule has 3 aromatic rings. The van der Waals surface area contributed by atoms with E-state index in [1.807, 2.05) is 12.1 Å². The molecule has 1 atom stereocenters. The number of cyclic esters (lactones) is 1. The molecule has 3 heterocycles. The maximum Gasteiger partial charge on any atom is 0.407 e. The van der Waals surface area contributed by atoms with E-state index >= 15 is 0 Å². The van der Waals surface area contributed by atoms with E-state index < -0.39 is 12.1 Å². The zero-order valence-corrected chi connectivity index (χ0v) is 16.9. The average molecular weight is 433 g/mol. The number of aromatic amines is 1. The topological polar surface area (TPSA) is 129 Å². The van der Waals surface area contributed by atoms with Crippen molar-refractivity contribution < 1.29 is 29.0 Å². The Kier molecular flexibility index (Phi) is 4.66. The summed E-state index contributed by atoms with van der Waals surface area (Å²) in [7, 11) is 0. The second-order valence-corrected chi connectivity index (χ2v) is 7.87. The average Bonchev–Trinajstić information content (AvgIpc) is 3.42. The molecule has 162 valence electrons. The molecule has 1 saturated heterocycles. The van der Waals surface area contributed by atoms with Crippen molar-refractivity contribution in [2.45, 2.75) is 18.9 Å². The summed E-state index contributed by atoms with van der Waals surface area (Å²) in [4.78, 5) is 52.5. The number of amides is 3. The molecule has 9 nitrogen and oxygen atoms in total. The first-order chi connectivity index (χ1) is 15.4. The molecule has 2 aliphatic rings. The van der Waals surface area contributed by atoms with E-state index in [1.165, 1.54) is 0 Å². The SMILES string of the molecule is O=C1N[C@@H](Cc2ccc3[nH]c(C(=O)O)c(CCN4C(=O)c5ccccc5C4=O)c3c2)CO1. The lowest BCUT2D eigenvalue weighted by Gasteiger charge is -2.14. The maximum atomic E-state index is 12.7. The van der Waals surface area contributed by atoms with E-state index in [0.29, 0.717) is 34.0 Å². The van der Waals surface area contributed by atoms with Gasteiger partial charge >= 0.3 is 12.1 Å². The number of hydrogen-bond acceptors (Lipinski definition) is 5. The number of nitrogens with zero attached hydrogens (tertiary/aromatic N) is 1. The predicted octanol–water partition coefficient (Wildman–Crippen LogP) is 2.36. The van der Waals surface area contributed by atoms with Crippen molar-refractivity contribution in [3.63, 3.8) is 0 Å². The van der Waals surface area contributed by atoms with Crippen LogP contribution < -0.4 is 5.32 Å². The number of ether oxygens (including phenoxy) is 1. The molecule has 3 N–H and O–H groups in total. The fourth-order valence-corrected chi connectivity index (χ4v) is 4.35. The summed E-state index contributed by atoms with van der Waals surface area (Å²) >= 11 is 0. The number of fused-ring (bicyclic) bond motifs is 2. The van der Waals surface area contributed by atoms with Gasteiger partial charge in [0.15, 0.2) is 0 Å². The fourth-order valence-electron chi connectivity index (χ4n) is 4.35. The number of H-pyrrole nitrogens is 1. The molecule has 0 spiro atoms. The molecular weight excluding hydrogens is 414 g/mol. The van der Waals surface area contributed by atoms with Crippen LogP contribution in [-0.4, -0.2) is 58.1 Å². The van der Waals surface area contributed by atoms with Gasteiger partial charge in [0.2, 0.25) is 0 Å². The number of imide groups is 1. The third kappa shape index (κ3) is 3.27. The summed E-state index contributed by atoms with van der Waals surface area (Å²) in [5.41, 5.74) is 2.83. The molecule has 3 amide bonds. The van der Waals surface area contributed by atoms with Gasteiger partial charge < -0.3 is 20.1 Å². The second-order valence-electron chi connectivity index (χ2n) is 7.87. The number of hydrogen-bond donors (Lipinski definition) is 3. The van der Waals surface area contributed by atoms with Crippen LogP contribution in [0, 0.1) is 0 Å². The number of nitrogens with one attached hydrogen (secondary N) is 2. The highest BCUT2D eigenvalue weighted by Crippen LogP contribution is 2.28. The first-order valence-corrected chi connectivity index (χ1v) is 10.2. The molecule has 1 fully saturated rings. The summed E-state index contributed by atoms with van der Waals surface area (Å²) in [6.07, 6.45) is 0.278. The molecule has 0 saturated carbocycles. The zero-order chi connectivity index (χ0) is 22.4. The third-order valence-electron chi connectivity index (χ3n) is 5.87. The Hall–Kier alpha value is -4.14. The quantitative estimate of drug-likeness (QED) is 0.512. The normalized spacial score (nSPS) is 17.6. The van der Waals surface area contributed by atoms with Crippen molar-refractivity contribution in [3.05, 3.63) is 70.4 Å². The van der Waals surface area contributed by atoms with Crippen molar-refractivity contribution in [2.24, 2.45) is 0 Å². The summed E-state index contributed by atoms with van der Waals surface area (Å²) in [5, 5.41) is 13.1. The van der Waals surface area contributed by atoms with Crippen molar-refractivity contribution in [1.29, 1.82) is 0 Å². The van der Waals surface area contributed by atoms with E-state index in [-0.39, 0.29) is 43.1 Å². The molecule has 32 heavy (non-hydrogen) atoms. The molecule has 2 aliphatic heterocycles. The van der Waals surface area contributed by atoms with Crippen molar-refractivity contribution in [2.75, 3.05) is 13.2 Å². The van der Waals surface area contributed by atoms with Crippen LogP contribution in [0.1, 0.15) is 42.3 Å². The van der Waals surface area contributed by atoms with Crippen LogP contribution in [0.15, 0.2) is 42.5 Å². The first-order valence-electron chi connectivity index (χ1n) is 10.2. The van der Waals surface area contributed by atoms with Gasteiger partial charge in [-0.2, -0.15) is 0 Å². The number of carboxylic acid groups (broad SMARTS) is 1. The summed E-state index contributed by atoms with van der Waals surface area (Å²) in [6.45, 7) is 0.341. The highest BCUT2D eigenvalue weighted by atomic mass is 16.6. The largest absolute Gasteiger partial charge is 0.477 e. The Bertz CT molecular complexity index is 1260. The molecule has 5 rings (SSSR count). The van der Waals surface area contributed by atoms with Crippen LogP contribution in [0.25, 0.3) is 10.9 Å². The zero-order valence-electron chi connectivity index (χ0n) is 16.9. The lowest BCUT2D eigenvalue weighted by Crippen LogP contribution is -2.32. The minimum Gasteiger partial charge on any atom is -0.477 e. The number of carboxylic acids is 1. The van der Waals surface area contributed by atoms with Crippen LogP contribution in [0.4, 0.5) is 4.79 Å². The molecule has 0 unspecified atom stereocenters. The fraction of sp³-hybridized carbons (Fsp3) is 0.217. The number of benzene rings is 2. The highest BCUT2D eigenvalue weighted by Gasteiger charge is 2.35. The Balaban J connectivity index is 1.43. The standard InChI is InChI=1S/C23H19N3O6/c27-20-15-3-1-2-4-16(15)21(28)26(20)8-7-14-17-10-12(9-13-11-32-23(31)24-13)5-6-18(17)25-19(14)22(29)30/h1-6,10,13,25H,7-9,11H2,(H,24,31)(H,29,30)/t13-/m0/s1. The van der Waals surface area contributed by atoms with Gasteiger partial charge in [-0.05, 0) is 48.2 Å². The Morgan fingerprint density at radius 2 is 1.81 bits per heavy atom. The van der Waals surface area contributed by atoms with Crippen molar-refractivity contribution in [3.8, 4) is 0 Å². The van der Waals surface area contributed by atoms with Gasteiger partial charge in [0, 0.05) is 17.4 Å². The Morgan fingerprint density at radius 3 is 2.44 bits per heavy atom. The van der Waals surface area contributed by atoms with Gasteiger partial charge in [0.1, 0.15) is 12.3 Å². The van der Waals surface area contributed by atoms with Crippen LogP contribution >= 0.6 is 0 Å². The number of alkyl carbamates (subject to hydrolysis) is 1. The molecular formula is C23H19N3O6. The van der Waals surface area contributed by atoms with Crippen LogP contribution in [0.5, 0.6) is 0 Å². The minimum atomic E-state index is -1.11. The van der Waals surface area contributed by atoms with Crippen LogP contribution in [0.3, 0.4) is 0 Å². The van der Waals surface area contributed by atoms with E-state index in [0.717, 1.165) is 10.5 Å². The Labute approximate surface area is 182 Å². The molecule has 1 aromatic heterocycles. The predicted molar refractivity (Wildman–Crippen MR) is 113 cm³/mol. The smallest absolute Gasteiger partial charge is 0.407 e. The van der Waals surface area contributed by atoms with E-state index in [1.54, 1.807) is 30.3 Å². The summed E-state index contributed by atoms with van der Waals surface area (Å²) in [6, 6.07) is 12.0. The van der Waals surface area contributed by atoms with Crippen LogP contribution in [0.2, 0.25) is 0 Å². The van der Waals surface area contributed by atoms with Crippen LogP contribution in [-0.2, 0) is 17.6 Å². The lowest BCUT2D eigenvalue weighted by molar-refractivity contribution is 0.0655. The van der Waals surface area contributed by atoms with Crippen molar-refractivity contribution in [1.82, 2.24) is 15.2 Å². The van der Waals surface area contributed by atoms with Gasteiger partial charge in [-0.1, -0.05) is 18.2 Å². The van der Waals surface area contributed by atoms with E-state index in [2.05, 4.69) is 10.3 Å². The highest BCUT2D eigenvalue weighted by molar-refractivity contribution is 6.21. The minimum absolute atomic E-state index is 0.0336. The first kappa shape index (κ1) is 19.8. The van der Waals surface area contributed by atoms with Crippen molar-refractivity contribution >= 4 is 34.8 Å². The number of rotatable bonds is 6. The molecule has 0 bridgehead atoms. The summed E-state index contributed by atoms with van der Waals surface area (Å²) in [5.74, 6) is -1.86. The summed E-state index contributed by atoms with van der Waals surface area (Å²) < 4.78 is 4.92. The third-order valence-corrected chi connectivity index (χ3v) is 5.87. The van der Waals surface area contributed by atoms with E-state index in [4.69, 9.17) is 4.74 Å². The monoisotopic (exact) mass is 433 g/mol. The number of carbonyl (C=O) groups excluding carboxylic acids is 3. The van der Waals surface area contributed by atoms with Gasteiger partial charge in [-0.15, -0.1) is 0 Å². The Morgan fingerprint density at radius 1 is 1.09 bits per heavy atom. The van der Waals surface area contributed by atoms with Gasteiger partial charge in [0.25, 0.3) is 11.8 Å². The van der Waals surface area contributed by atoms with Gasteiger partial charge in [-0.25, -0.2) is 9.59 Å². The van der Waals surface area contributed by atoms with E-state index in [9.17, 15) is 24.3 Å². The lowest BCUT2D eigenvalue weighted by atomic mass is 10.0. The number of aromatic carboxylic acids is 1. The molecule has 2 aromatic carbocycles.